The maximum atomic E-state index is 14.8. The molecular weight excluding hydrogens is 505 g/mol. The third-order valence-corrected chi connectivity index (χ3v) is 7.11. The maximum Gasteiger partial charge on any atom is 0.390 e. The van der Waals surface area contributed by atoms with Crippen LogP contribution in [-0.2, 0) is 10.0 Å². The average Bonchev–Trinajstić information content (AvgIpc) is 2.84. The van der Waals surface area contributed by atoms with Gasteiger partial charge in [0.15, 0.2) is 11.6 Å². The zero-order chi connectivity index (χ0) is 25.9. The number of nitrogens with one attached hydrogen (secondary N) is 3. The van der Waals surface area contributed by atoms with Gasteiger partial charge in [0.05, 0.1) is 23.4 Å². The number of sulfonamides is 1. The van der Waals surface area contributed by atoms with E-state index in [2.05, 4.69) is 20.6 Å². The van der Waals surface area contributed by atoms with Crippen LogP contribution in [-0.4, -0.2) is 49.9 Å². The Morgan fingerprint density at radius 2 is 1.92 bits per heavy atom. The van der Waals surface area contributed by atoms with Crippen molar-refractivity contribution in [2.24, 2.45) is 5.92 Å². The number of benzene rings is 2. The highest BCUT2D eigenvalue weighted by Crippen LogP contribution is 2.31. The fraction of sp³-hybridized carbons (Fsp3) is 0.391. The van der Waals surface area contributed by atoms with E-state index < -0.39 is 45.7 Å². The quantitative estimate of drug-likeness (QED) is 0.367. The van der Waals surface area contributed by atoms with E-state index in [9.17, 15) is 30.4 Å². The molecule has 0 saturated carbocycles. The molecule has 1 aromatic heterocycles. The molecule has 4 rings (SSSR count). The monoisotopic (exact) mass is 529 g/mol. The highest BCUT2D eigenvalue weighted by Gasteiger charge is 2.30. The SMILES string of the molecule is O=S(=O)(CCC(F)(F)F)Nc1ccc(-c2ccc3nc(NCC4CCCNC4)ncc3c2)c(F)c1F. The van der Waals surface area contributed by atoms with Gasteiger partial charge in [0.25, 0.3) is 0 Å². The van der Waals surface area contributed by atoms with Crippen LogP contribution in [0.15, 0.2) is 36.5 Å². The third-order valence-electron chi connectivity index (χ3n) is 5.84. The van der Waals surface area contributed by atoms with Crippen LogP contribution in [0, 0.1) is 17.6 Å². The fourth-order valence-corrected chi connectivity index (χ4v) is 5.03. The third kappa shape index (κ3) is 6.58. The summed E-state index contributed by atoms with van der Waals surface area (Å²) in [4.78, 5) is 8.74. The van der Waals surface area contributed by atoms with E-state index in [1.54, 1.807) is 23.1 Å². The van der Waals surface area contributed by atoms with E-state index >= 15 is 0 Å². The summed E-state index contributed by atoms with van der Waals surface area (Å²) in [6, 6.07) is 6.85. The first-order valence-electron chi connectivity index (χ1n) is 11.3. The molecule has 194 valence electrons. The number of hydrogen-bond acceptors (Lipinski definition) is 6. The molecule has 36 heavy (non-hydrogen) atoms. The summed E-state index contributed by atoms with van der Waals surface area (Å²) in [6.07, 6.45) is -2.52. The van der Waals surface area contributed by atoms with Crippen molar-refractivity contribution >= 4 is 32.6 Å². The van der Waals surface area contributed by atoms with Gasteiger partial charge in [-0.1, -0.05) is 6.07 Å². The molecule has 2 heterocycles. The molecule has 1 saturated heterocycles. The molecule has 2 aromatic carbocycles. The summed E-state index contributed by atoms with van der Waals surface area (Å²) in [5, 5.41) is 7.14. The van der Waals surface area contributed by atoms with Gasteiger partial charge in [0, 0.05) is 23.7 Å². The Bertz CT molecular complexity index is 1340. The van der Waals surface area contributed by atoms with Crippen molar-refractivity contribution in [2.75, 3.05) is 35.4 Å². The zero-order valence-electron chi connectivity index (χ0n) is 19.0. The van der Waals surface area contributed by atoms with Gasteiger partial charge >= 0.3 is 6.18 Å². The lowest BCUT2D eigenvalue weighted by atomic mass is 10.00. The molecular formula is C23H24F5N5O2S. The maximum absolute atomic E-state index is 14.8. The minimum Gasteiger partial charge on any atom is -0.354 e. The lowest BCUT2D eigenvalue weighted by molar-refractivity contribution is -0.129. The number of aromatic nitrogens is 2. The Morgan fingerprint density at radius 3 is 2.64 bits per heavy atom. The lowest BCUT2D eigenvalue weighted by Crippen LogP contribution is -2.33. The predicted molar refractivity (Wildman–Crippen MR) is 127 cm³/mol. The molecule has 3 aromatic rings. The van der Waals surface area contributed by atoms with Gasteiger partial charge in [-0.3, -0.25) is 4.72 Å². The molecule has 0 aliphatic carbocycles. The summed E-state index contributed by atoms with van der Waals surface area (Å²) in [6.45, 7) is 2.68. The Morgan fingerprint density at radius 1 is 1.11 bits per heavy atom. The van der Waals surface area contributed by atoms with E-state index in [-0.39, 0.29) is 5.56 Å². The first kappa shape index (κ1) is 26.0. The zero-order valence-corrected chi connectivity index (χ0v) is 19.8. The fourth-order valence-electron chi connectivity index (χ4n) is 3.94. The summed E-state index contributed by atoms with van der Waals surface area (Å²) >= 11 is 0. The summed E-state index contributed by atoms with van der Waals surface area (Å²) in [5.74, 6) is -3.23. The van der Waals surface area contributed by atoms with Gasteiger partial charge < -0.3 is 10.6 Å². The van der Waals surface area contributed by atoms with E-state index in [1.807, 2.05) is 0 Å². The van der Waals surface area contributed by atoms with Crippen LogP contribution in [0.25, 0.3) is 22.0 Å². The van der Waals surface area contributed by atoms with Crippen molar-refractivity contribution < 1.29 is 30.4 Å². The first-order valence-corrected chi connectivity index (χ1v) is 12.9. The molecule has 7 nitrogen and oxygen atoms in total. The van der Waals surface area contributed by atoms with Gasteiger partial charge in [0.1, 0.15) is 0 Å². The van der Waals surface area contributed by atoms with Gasteiger partial charge in [-0.25, -0.2) is 27.2 Å². The highest BCUT2D eigenvalue weighted by atomic mass is 32.2. The molecule has 0 amide bonds. The number of piperidine rings is 1. The minimum absolute atomic E-state index is 0.153. The van der Waals surface area contributed by atoms with Crippen LogP contribution >= 0.6 is 0 Å². The Balaban J connectivity index is 1.50. The number of rotatable bonds is 8. The van der Waals surface area contributed by atoms with E-state index in [4.69, 9.17) is 0 Å². The topological polar surface area (TPSA) is 96.0 Å². The van der Waals surface area contributed by atoms with Gasteiger partial charge in [0.2, 0.25) is 16.0 Å². The number of nitrogens with zero attached hydrogens (tertiary/aromatic N) is 2. The molecule has 0 bridgehead atoms. The summed E-state index contributed by atoms with van der Waals surface area (Å²) in [5.41, 5.74) is -0.0398. The smallest absolute Gasteiger partial charge is 0.354 e. The van der Waals surface area contributed by atoms with Crippen molar-refractivity contribution in [3.8, 4) is 11.1 Å². The van der Waals surface area contributed by atoms with E-state index in [0.717, 1.165) is 44.6 Å². The number of alkyl halides is 3. The number of fused-ring (bicyclic) bond motifs is 1. The minimum atomic E-state index is -4.70. The van der Waals surface area contributed by atoms with Crippen molar-refractivity contribution in [1.29, 1.82) is 0 Å². The molecule has 1 aliphatic heterocycles. The normalized spacial score (nSPS) is 16.8. The van der Waals surface area contributed by atoms with Crippen LogP contribution in [0.5, 0.6) is 0 Å². The molecule has 1 fully saturated rings. The lowest BCUT2D eigenvalue weighted by Gasteiger charge is -2.22. The van der Waals surface area contributed by atoms with Crippen LogP contribution in [0.4, 0.5) is 33.6 Å². The first-order chi connectivity index (χ1) is 17.0. The average molecular weight is 530 g/mol. The molecule has 0 radical (unpaired) electrons. The van der Waals surface area contributed by atoms with Gasteiger partial charge in [-0.15, -0.1) is 0 Å². The summed E-state index contributed by atoms with van der Waals surface area (Å²) < 4.78 is 91.7. The van der Waals surface area contributed by atoms with Crippen molar-refractivity contribution in [3.63, 3.8) is 0 Å². The van der Waals surface area contributed by atoms with E-state index in [1.165, 1.54) is 6.07 Å². The standard InChI is InChI=1S/C23H24F5N5O2S/c24-20-17(4-6-19(21(20)25)33-36(34,35)9-7-23(26,27)28)15-3-5-18-16(10-15)13-31-22(32-18)30-12-14-2-1-8-29-11-14/h3-6,10,13-14,29,33H,1-2,7-9,11-12H2,(H,30,31,32). The second-order valence-electron chi connectivity index (χ2n) is 8.64. The van der Waals surface area contributed by atoms with Gasteiger partial charge in [-0.05, 0) is 61.7 Å². The molecule has 13 heteroatoms. The number of hydrogen-bond donors (Lipinski definition) is 3. The van der Waals surface area contributed by atoms with Crippen LogP contribution < -0.4 is 15.4 Å². The van der Waals surface area contributed by atoms with Crippen molar-refractivity contribution in [3.05, 3.63) is 48.2 Å². The molecule has 1 unspecified atom stereocenters. The summed E-state index contributed by atoms with van der Waals surface area (Å²) in [7, 11) is -4.53. The van der Waals surface area contributed by atoms with Crippen LogP contribution in [0.2, 0.25) is 0 Å². The molecule has 1 atom stereocenters. The van der Waals surface area contributed by atoms with Crippen molar-refractivity contribution in [2.45, 2.75) is 25.4 Å². The van der Waals surface area contributed by atoms with Crippen LogP contribution in [0.3, 0.4) is 0 Å². The Labute approximate surface area is 204 Å². The highest BCUT2D eigenvalue weighted by molar-refractivity contribution is 7.92. The molecule has 0 spiro atoms. The van der Waals surface area contributed by atoms with E-state index in [0.29, 0.717) is 28.3 Å². The predicted octanol–water partition coefficient (Wildman–Crippen LogP) is 4.68. The second kappa shape index (κ2) is 10.5. The Hall–Kier alpha value is -3.06. The Kier molecular flexibility index (Phi) is 7.59. The number of halogens is 5. The molecule has 3 N–H and O–H groups in total. The molecule has 1 aliphatic rings. The van der Waals surface area contributed by atoms with Crippen molar-refractivity contribution in [1.82, 2.24) is 15.3 Å². The number of anilines is 2. The van der Waals surface area contributed by atoms with Crippen LogP contribution in [0.1, 0.15) is 19.3 Å². The largest absolute Gasteiger partial charge is 0.390 e. The van der Waals surface area contributed by atoms with Gasteiger partial charge in [-0.2, -0.15) is 13.2 Å². The second-order valence-corrected chi connectivity index (χ2v) is 10.5.